The number of nitrogens with two attached hydrogens (primary N) is 1. The van der Waals surface area contributed by atoms with Crippen LogP contribution in [0.2, 0.25) is 0 Å². The van der Waals surface area contributed by atoms with Crippen LogP contribution >= 0.6 is 12.4 Å². The van der Waals surface area contributed by atoms with Crippen LogP contribution in [0.4, 0.5) is 0 Å². The Hall–Kier alpha value is -1.93. The van der Waals surface area contributed by atoms with Crippen molar-refractivity contribution in [1.29, 1.82) is 0 Å². The van der Waals surface area contributed by atoms with E-state index in [1.54, 1.807) is 18.2 Å². The largest absolute Gasteiger partial charge is 0.486 e. The highest BCUT2D eigenvalue weighted by Gasteiger charge is 2.42. The number of fused-ring (bicyclic) bond motifs is 1. The van der Waals surface area contributed by atoms with Crippen molar-refractivity contribution >= 4 is 28.2 Å². The molecule has 0 radical (unpaired) electrons. The zero-order chi connectivity index (χ0) is 20.5. The second-order valence-corrected chi connectivity index (χ2v) is 9.71. The first kappa shape index (κ1) is 22.7. The monoisotopic (exact) mass is 450 g/mol. The van der Waals surface area contributed by atoms with Gasteiger partial charge in [-0.2, -0.15) is 0 Å². The number of benzene rings is 2. The molecule has 0 aliphatic carbocycles. The highest BCUT2D eigenvalue weighted by molar-refractivity contribution is 7.88. The van der Waals surface area contributed by atoms with Crippen molar-refractivity contribution in [3.63, 3.8) is 0 Å². The van der Waals surface area contributed by atoms with Crippen molar-refractivity contribution in [3.05, 3.63) is 65.2 Å². The average Bonchev–Trinajstić information content (AvgIpc) is 2.68. The number of nitrogens with zero attached hydrogens (tertiary/aromatic N) is 1. The molecule has 162 valence electrons. The van der Waals surface area contributed by atoms with Crippen LogP contribution in [0.15, 0.2) is 48.5 Å². The minimum Gasteiger partial charge on any atom is -0.486 e. The van der Waals surface area contributed by atoms with Crippen molar-refractivity contribution in [1.82, 2.24) is 4.90 Å². The Morgan fingerprint density at radius 3 is 2.40 bits per heavy atom. The predicted octanol–water partition coefficient (Wildman–Crippen LogP) is 2.94. The van der Waals surface area contributed by atoms with Crippen LogP contribution in [0.1, 0.15) is 40.7 Å². The van der Waals surface area contributed by atoms with E-state index < -0.39 is 15.6 Å². The average molecular weight is 451 g/mol. The summed E-state index contributed by atoms with van der Waals surface area (Å²) in [4.78, 5) is 15.2. The molecule has 0 unspecified atom stereocenters. The number of hydrogen-bond acceptors (Lipinski definition) is 5. The van der Waals surface area contributed by atoms with Gasteiger partial charge >= 0.3 is 0 Å². The Kier molecular flexibility index (Phi) is 6.87. The molecular formula is C22H27ClN2O4S. The molecule has 1 spiro atoms. The van der Waals surface area contributed by atoms with E-state index in [2.05, 4.69) is 29.2 Å². The van der Waals surface area contributed by atoms with E-state index in [1.807, 2.05) is 6.07 Å². The number of Topliss-reactive ketones (excluding diaryl/α,β-unsaturated/α-hetero) is 1. The molecule has 2 aliphatic heterocycles. The number of primary sulfonamides is 1. The number of likely N-dealkylation sites (tertiary alicyclic amines) is 1. The quantitative estimate of drug-likeness (QED) is 0.756. The van der Waals surface area contributed by atoms with Gasteiger partial charge in [0.1, 0.15) is 11.4 Å². The summed E-state index contributed by atoms with van der Waals surface area (Å²) in [6.45, 7) is 2.81. The lowest BCUT2D eigenvalue weighted by atomic mass is 9.82. The van der Waals surface area contributed by atoms with E-state index in [0.717, 1.165) is 38.9 Å². The summed E-state index contributed by atoms with van der Waals surface area (Å²) < 4.78 is 28.9. The van der Waals surface area contributed by atoms with Crippen LogP contribution < -0.4 is 9.88 Å². The van der Waals surface area contributed by atoms with Crippen LogP contribution in [0.5, 0.6) is 5.75 Å². The summed E-state index contributed by atoms with van der Waals surface area (Å²) in [5, 5.41) is 5.12. The highest BCUT2D eigenvalue weighted by atomic mass is 35.5. The SMILES string of the molecule is Cl.NS(=O)(=O)Cc1ccc2c(c1)C(=O)CC1(CCN(CCc3ccccc3)CC1)O2. The molecule has 30 heavy (non-hydrogen) atoms. The van der Waals surface area contributed by atoms with Crippen molar-refractivity contribution in [2.24, 2.45) is 5.14 Å². The van der Waals surface area contributed by atoms with Crippen molar-refractivity contribution < 1.29 is 17.9 Å². The molecule has 4 rings (SSSR count). The highest BCUT2D eigenvalue weighted by Crippen LogP contribution is 2.39. The minimum atomic E-state index is -3.64. The fourth-order valence-corrected chi connectivity index (χ4v) is 4.90. The molecule has 0 amide bonds. The van der Waals surface area contributed by atoms with E-state index in [-0.39, 0.29) is 23.9 Å². The Bertz CT molecular complexity index is 1000. The maximum atomic E-state index is 12.8. The van der Waals surface area contributed by atoms with Crippen LogP contribution in [-0.2, 0) is 22.2 Å². The normalized spacial score (nSPS) is 18.4. The molecule has 2 heterocycles. The molecule has 0 atom stereocenters. The van der Waals surface area contributed by atoms with Crippen molar-refractivity contribution in [3.8, 4) is 5.75 Å². The molecule has 2 N–H and O–H groups in total. The number of rotatable bonds is 5. The molecule has 2 aromatic rings. The molecule has 2 aromatic carbocycles. The van der Waals surface area contributed by atoms with Gasteiger partial charge in [0.25, 0.3) is 0 Å². The van der Waals surface area contributed by atoms with Crippen molar-refractivity contribution in [2.45, 2.75) is 37.0 Å². The Morgan fingerprint density at radius 2 is 1.73 bits per heavy atom. The van der Waals surface area contributed by atoms with Crippen LogP contribution in [0.3, 0.4) is 0 Å². The lowest BCUT2D eigenvalue weighted by Gasteiger charge is -2.44. The van der Waals surface area contributed by atoms with Crippen molar-refractivity contribution in [2.75, 3.05) is 19.6 Å². The standard InChI is InChI=1S/C22H26N2O4S.ClH/c23-29(26,27)16-18-6-7-21-19(14-18)20(25)15-22(28-21)9-12-24(13-10-22)11-8-17-4-2-1-3-5-17;/h1-7,14H,8-13,15-16H2,(H2,23,26,27);1H. The zero-order valence-electron chi connectivity index (χ0n) is 16.7. The third-order valence-electron chi connectivity index (χ3n) is 5.85. The molecule has 8 heteroatoms. The van der Waals surface area contributed by atoms with Gasteiger partial charge in [-0.25, -0.2) is 13.6 Å². The molecule has 0 saturated carbocycles. The number of carbonyl (C=O) groups is 1. The Morgan fingerprint density at radius 1 is 1.03 bits per heavy atom. The molecule has 0 aromatic heterocycles. The van der Waals surface area contributed by atoms with Crippen LogP contribution in [-0.4, -0.2) is 44.3 Å². The van der Waals surface area contributed by atoms with Crippen LogP contribution in [0.25, 0.3) is 0 Å². The summed E-state index contributed by atoms with van der Waals surface area (Å²) >= 11 is 0. The van der Waals surface area contributed by atoms with Gasteiger partial charge in [-0.1, -0.05) is 36.4 Å². The van der Waals surface area contributed by atoms with E-state index in [0.29, 0.717) is 23.3 Å². The van der Waals surface area contributed by atoms with Gasteiger partial charge in [0.05, 0.1) is 17.7 Å². The third-order valence-corrected chi connectivity index (χ3v) is 6.58. The van der Waals surface area contributed by atoms with E-state index in [9.17, 15) is 13.2 Å². The van der Waals surface area contributed by atoms with Gasteiger partial charge in [0.15, 0.2) is 5.78 Å². The van der Waals surface area contributed by atoms with E-state index in [1.165, 1.54) is 5.56 Å². The fraction of sp³-hybridized carbons (Fsp3) is 0.409. The Balaban J connectivity index is 0.00000256. The number of piperidine rings is 1. The number of ketones is 1. The number of hydrogen-bond donors (Lipinski definition) is 1. The molecular weight excluding hydrogens is 424 g/mol. The summed E-state index contributed by atoms with van der Waals surface area (Å²) in [5.74, 6) is 0.284. The first-order valence-corrected chi connectivity index (χ1v) is 11.7. The first-order chi connectivity index (χ1) is 13.8. The maximum Gasteiger partial charge on any atom is 0.213 e. The molecule has 0 bridgehead atoms. The summed E-state index contributed by atoms with van der Waals surface area (Å²) in [5.41, 5.74) is 1.86. The number of halogens is 1. The minimum absolute atomic E-state index is 0. The van der Waals surface area contributed by atoms with E-state index in [4.69, 9.17) is 9.88 Å². The molecule has 2 aliphatic rings. The lowest BCUT2D eigenvalue weighted by Crippen LogP contribution is -2.51. The summed E-state index contributed by atoms with van der Waals surface area (Å²) in [6, 6.07) is 15.4. The van der Waals surface area contributed by atoms with Gasteiger partial charge in [0.2, 0.25) is 10.0 Å². The number of ether oxygens (including phenoxy) is 1. The predicted molar refractivity (Wildman–Crippen MR) is 119 cm³/mol. The number of sulfonamides is 1. The third kappa shape index (κ3) is 5.40. The molecule has 1 fully saturated rings. The first-order valence-electron chi connectivity index (χ1n) is 9.94. The lowest BCUT2D eigenvalue weighted by molar-refractivity contribution is -0.00868. The van der Waals surface area contributed by atoms with Gasteiger partial charge in [-0.05, 0) is 29.7 Å². The molecule has 1 saturated heterocycles. The topological polar surface area (TPSA) is 89.7 Å². The number of carbonyl (C=O) groups excluding carboxylic acids is 1. The van der Waals surface area contributed by atoms with Gasteiger partial charge in [-0.3, -0.25) is 4.79 Å². The molecule has 6 nitrogen and oxygen atoms in total. The van der Waals surface area contributed by atoms with E-state index >= 15 is 0 Å². The van der Waals surface area contributed by atoms with Gasteiger partial charge < -0.3 is 9.64 Å². The Labute approximate surface area is 183 Å². The maximum absolute atomic E-state index is 12.8. The summed E-state index contributed by atoms with van der Waals surface area (Å²) in [6.07, 6.45) is 2.98. The smallest absolute Gasteiger partial charge is 0.213 e. The second-order valence-electron chi connectivity index (χ2n) is 8.10. The fourth-order valence-electron chi connectivity index (χ4n) is 4.26. The van der Waals surface area contributed by atoms with Gasteiger partial charge in [-0.15, -0.1) is 12.4 Å². The second kappa shape index (κ2) is 9.06. The summed E-state index contributed by atoms with van der Waals surface area (Å²) in [7, 11) is -3.64. The van der Waals surface area contributed by atoms with Crippen LogP contribution in [0, 0.1) is 0 Å². The van der Waals surface area contributed by atoms with Gasteiger partial charge in [0, 0.05) is 32.5 Å². The zero-order valence-corrected chi connectivity index (χ0v) is 18.4.